The molecule has 1 aliphatic rings. The fourth-order valence-electron chi connectivity index (χ4n) is 1.87. The molecule has 1 nitrogen and oxygen atoms in total. The summed E-state index contributed by atoms with van der Waals surface area (Å²) in [6, 6.07) is 7.81. The molecular formula is C13H13ClO. The lowest BCUT2D eigenvalue weighted by atomic mass is 9.93. The van der Waals surface area contributed by atoms with Gasteiger partial charge >= 0.3 is 0 Å². The van der Waals surface area contributed by atoms with Gasteiger partial charge in [-0.25, -0.2) is 0 Å². The van der Waals surface area contributed by atoms with Crippen molar-refractivity contribution in [2.45, 2.75) is 25.7 Å². The molecule has 0 spiro atoms. The van der Waals surface area contributed by atoms with E-state index in [2.05, 4.69) is 0 Å². The number of rotatable bonds is 2. The summed E-state index contributed by atoms with van der Waals surface area (Å²) in [5, 5.41) is 0.757. The maximum Gasteiger partial charge on any atom is 0.155 e. The molecule has 0 atom stereocenters. The van der Waals surface area contributed by atoms with Gasteiger partial charge in [-0.1, -0.05) is 29.3 Å². The third-order valence-corrected chi connectivity index (χ3v) is 2.88. The Hall–Kier alpha value is -1.08. The molecule has 0 amide bonds. The number of halogens is 1. The van der Waals surface area contributed by atoms with E-state index in [0.29, 0.717) is 6.42 Å². The van der Waals surface area contributed by atoms with Crippen LogP contribution in [0, 0.1) is 0 Å². The molecule has 0 N–H and O–H groups in total. The van der Waals surface area contributed by atoms with Gasteiger partial charge in [-0.05, 0) is 43.0 Å². The Kier molecular flexibility index (Phi) is 3.22. The van der Waals surface area contributed by atoms with E-state index in [9.17, 15) is 4.79 Å². The summed E-state index contributed by atoms with van der Waals surface area (Å²) >= 11 is 5.81. The Morgan fingerprint density at radius 2 is 1.87 bits per heavy atom. The molecule has 0 saturated heterocycles. The van der Waals surface area contributed by atoms with Gasteiger partial charge in [0.2, 0.25) is 0 Å². The molecule has 1 aromatic rings. The summed E-state index contributed by atoms with van der Waals surface area (Å²) in [5.41, 5.74) is 2.47. The lowest BCUT2D eigenvalue weighted by Gasteiger charge is -2.11. The number of hydrogen-bond acceptors (Lipinski definition) is 1. The van der Waals surface area contributed by atoms with E-state index in [0.717, 1.165) is 24.3 Å². The molecule has 2 heteroatoms. The monoisotopic (exact) mass is 220 g/mol. The van der Waals surface area contributed by atoms with Gasteiger partial charge in [0.05, 0.1) is 0 Å². The van der Waals surface area contributed by atoms with Crippen LogP contribution in [0.3, 0.4) is 0 Å². The fraction of sp³-hybridized carbons (Fsp3) is 0.308. The van der Waals surface area contributed by atoms with Crippen molar-refractivity contribution in [3.8, 4) is 0 Å². The minimum atomic E-state index is 0.269. The number of benzene rings is 1. The zero-order valence-corrected chi connectivity index (χ0v) is 9.26. The summed E-state index contributed by atoms with van der Waals surface area (Å²) in [6.45, 7) is 0. The lowest BCUT2D eigenvalue weighted by molar-refractivity contribution is -0.115. The second kappa shape index (κ2) is 4.63. The third kappa shape index (κ3) is 2.93. The predicted molar refractivity (Wildman–Crippen MR) is 62.1 cm³/mol. The predicted octanol–water partition coefficient (Wildman–Crippen LogP) is 3.56. The molecule has 0 aliphatic heterocycles. The van der Waals surface area contributed by atoms with Crippen molar-refractivity contribution in [3.63, 3.8) is 0 Å². The van der Waals surface area contributed by atoms with Crippen LogP contribution >= 0.6 is 11.6 Å². The zero-order valence-electron chi connectivity index (χ0n) is 8.50. The van der Waals surface area contributed by atoms with E-state index in [1.165, 1.54) is 11.1 Å². The fourth-order valence-corrected chi connectivity index (χ4v) is 1.99. The van der Waals surface area contributed by atoms with Gasteiger partial charge in [0.1, 0.15) is 0 Å². The summed E-state index contributed by atoms with van der Waals surface area (Å²) in [4.78, 5) is 11.2. The summed E-state index contributed by atoms with van der Waals surface area (Å²) in [7, 11) is 0. The van der Waals surface area contributed by atoms with Crippen molar-refractivity contribution in [1.82, 2.24) is 0 Å². The average Bonchev–Trinajstić information content (AvgIpc) is 2.22. The minimum absolute atomic E-state index is 0.269. The highest BCUT2D eigenvalue weighted by Crippen LogP contribution is 2.20. The molecule has 0 radical (unpaired) electrons. The van der Waals surface area contributed by atoms with Crippen LogP contribution in [0.4, 0.5) is 0 Å². The largest absolute Gasteiger partial charge is 0.295 e. The number of ketones is 1. The Bertz CT molecular complexity index is 390. The van der Waals surface area contributed by atoms with Crippen LogP contribution in [-0.2, 0) is 11.2 Å². The standard InChI is InChI=1S/C13H13ClO/c14-12-6-4-10(5-7-12)8-11-2-1-3-13(15)9-11/h4-7,9H,1-3,8H2. The zero-order chi connectivity index (χ0) is 10.7. The van der Waals surface area contributed by atoms with Crippen LogP contribution in [0.25, 0.3) is 0 Å². The molecule has 0 aromatic heterocycles. The molecule has 0 fully saturated rings. The van der Waals surface area contributed by atoms with Crippen molar-refractivity contribution in [2.24, 2.45) is 0 Å². The van der Waals surface area contributed by atoms with E-state index >= 15 is 0 Å². The Morgan fingerprint density at radius 1 is 1.13 bits per heavy atom. The highest BCUT2D eigenvalue weighted by atomic mass is 35.5. The summed E-state index contributed by atoms with van der Waals surface area (Å²) < 4.78 is 0. The molecule has 0 heterocycles. The lowest BCUT2D eigenvalue weighted by Crippen LogP contribution is -2.04. The molecule has 15 heavy (non-hydrogen) atoms. The molecule has 0 bridgehead atoms. The first kappa shape index (κ1) is 10.4. The van der Waals surface area contributed by atoms with Gasteiger partial charge in [-0.15, -0.1) is 0 Å². The van der Waals surface area contributed by atoms with Gasteiger partial charge in [0.25, 0.3) is 0 Å². The maximum absolute atomic E-state index is 11.2. The summed E-state index contributed by atoms with van der Waals surface area (Å²) in [6.07, 6.45) is 5.44. The van der Waals surface area contributed by atoms with Crippen molar-refractivity contribution < 1.29 is 4.79 Å². The van der Waals surface area contributed by atoms with Crippen molar-refractivity contribution >= 4 is 17.4 Å². The summed E-state index contributed by atoms with van der Waals surface area (Å²) in [5.74, 6) is 0.269. The molecule has 2 rings (SSSR count). The second-order valence-electron chi connectivity index (χ2n) is 3.93. The average molecular weight is 221 g/mol. The smallest absolute Gasteiger partial charge is 0.155 e. The highest BCUT2D eigenvalue weighted by Gasteiger charge is 2.09. The molecule has 78 valence electrons. The van der Waals surface area contributed by atoms with Crippen molar-refractivity contribution in [1.29, 1.82) is 0 Å². The highest BCUT2D eigenvalue weighted by molar-refractivity contribution is 6.30. The normalized spacial score (nSPS) is 16.3. The van der Waals surface area contributed by atoms with E-state index < -0.39 is 0 Å². The van der Waals surface area contributed by atoms with Crippen molar-refractivity contribution in [3.05, 3.63) is 46.5 Å². The van der Waals surface area contributed by atoms with Gasteiger partial charge in [0.15, 0.2) is 5.78 Å². The first-order valence-electron chi connectivity index (χ1n) is 5.21. The minimum Gasteiger partial charge on any atom is -0.295 e. The van der Waals surface area contributed by atoms with Crippen molar-refractivity contribution in [2.75, 3.05) is 0 Å². The number of allylic oxidation sites excluding steroid dienone is 2. The Labute approximate surface area is 94.8 Å². The quantitative estimate of drug-likeness (QED) is 0.745. The van der Waals surface area contributed by atoms with Crippen LogP contribution in [0.1, 0.15) is 24.8 Å². The van der Waals surface area contributed by atoms with Crippen LogP contribution in [0.15, 0.2) is 35.9 Å². The third-order valence-electron chi connectivity index (χ3n) is 2.63. The van der Waals surface area contributed by atoms with E-state index in [-0.39, 0.29) is 5.78 Å². The molecule has 1 aromatic carbocycles. The second-order valence-corrected chi connectivity index (χ2v) is 4.36. The van der Waals surface area contributed by atoms with Gasteiger partial charge in [-0.2, -0.15) is 0 Å². The first-order valence-corrected chi connectivity index (χ1v) is 5.58. The van der Waals surface area contributed by atoms with Crippen LogP contribution in [0.2, 0.25) is 5.02 Å². The van der Waals surface area contributed by atoms with E-state index in [1.807, 2.05) is 24.3 Å². The van der Waals surface area contributed by atoms with E-state index in [1.54, 1.807) is 6.08 Å². The number of carbonyl (C=O) groups excluding carboxylic acids is 1. The maximum atomic E-state index is 11.2. The Morgan fingerprint density at radius 3 is 2.53 bits per heavy atom. The molecule has 1 aliphatic carbocycles. The number of hydrogen-bond donors (Lipinski definition) is 0. The van der Waals surface area contributed by atoms with Crippen LogP contribution in [-0.4, -0.2) is 5.78 Å². The van der Waals surface area contributed by atoms with Gasteiger partial charge in [0, 0.05) is 11.4 Å². The number of carbonyl (C=O) groups is 1. The topological polar surface area (TPSA) is 17.1 Å². The molecule has 0 saturated carbocycles. The van der Waals surface area contributed by atoms with Crippen LogP contribution in [0.5, 0.6) is 0 Å². The van der Waals surface area contributed by atoms with E-state index in [4.69, 9.17) is 11.6 Å². The van der Waals surface area contributed by atoms with Gasteiger partial charge in [-0.3, -0.25) is 4.79 Å². The Balaban J connectivity index is 2.08. The first-order chi connectivity index (χ1) is 7.24. The van der Waals surface area contributed by atoms with Gasteiger partial charge < -0.3 is 0 Å². The molecular weight excluding hydrogens is 208 g/mol. The SMILES string of the molecule is O=C1C=C(Cc2ccc(Cl)cc2)CCC1. The van der Waals surface area contributed by atoms with Crippen LogP contribution < -0.4 is 0 Å². The molecule has 0 unspecified atom stereocenters.